The van der Waals surface area contributed by atoms with Crippen molar-refractivity contribution in [1.29, 1.82) is 5.26 Å². The Morgan fingerprint density at radius 1 is 0.931 bits per heavy atom. The van der Waals surface area contributed by atoms with E-state index in [4.69, 9.17) is 27.9 Å². The van der Waals surface area contributed by atoms with Crippen LogP contribution in [0.5, 0.6) is 11.5 Å². The van der Waals surface area contributed by atoms with E-state index >= 15 is 0 Å². The molecule has 0 aliphatic heterocycles. The summed E-state index contributed by atoms with van der Waals surface area (Å²) >= 11 is 12.0. The van der Waals surface area contributed by atoms with E-state index in [1.165, 1.54) is 0 Å². The molecule has 0 atom stereocenters. The number of nitrogens with zero attached hydrogens (tertiary/aromatic N) is 3. The van der Waals surface area contributed by atoms with Crippen molar-refractivity contribution in [3.05, 3.63) is 100 Å². The highest BCUT2D eigenvalue weighted by atomic mass is 35.5. The van der Waals surface area contributed by atoms with Crippen molar-refractivity contribution in [1.82, 2.24) is 9.78 Å². The van der Waals surface area contributed by atoms with Gasteiger partial charge in [-0.05, 0) is 60.2 Å². The van der Waals surface area contributed by atoms with E-state index in [0.29, 0.717) is 33.7 Å². The fraction of sp³-hybridized carbons (Fsp3) is 0.0435. The molecule has 1 aromatic heterocycles. The van der Waals surface area contributed by atoms with Crippen LogP contribution in [0.2, 0.25) is 10.0 Å². The third kappa shape index (κ3) is 4.27. The topological polar surface area (TPSA) is 50.8 Å². The fourth-order valence-corrected chi connectivity index (χ4v) is 3.32. The first-order valence-electron chi connectivity index (χ1n) is 8.87. The van der Waals surface area contributed by atoms with Gasteiger partial charge in [0.15, 0.2) is 0 Å². The molecule has 142 valence electrons. The van der Waals surface area contributed by atoms with Crippen molar-refractivity contribution < 1.29 is 4.74 Å². The van der Waals surface area contributed by atoms with Gasteiger partial charge in [0.05, 0.1) is 17.3 Å². The van der Waals surface area contributed by atoms with Crippen LogP contribution in [0.15, 0.2) is 79.0 Å². The van der Waals surface area contributed by atoms with Crippen LogP contribution in [0.3, 0.4) is 0 Å². The fourth-order valence-electron chi connectivity index (χ4n) is 2.99. The molecule has 0 aliphatic carbocycles. The number of hydrogen-bond acceptors (Lipinski definition) is 3. The number of ether oxygens (including phenoxy) is 1. The summed E-state index contributed by atoms with van der Waals surface area (Å²) in [5, 5.41) is 14.8. The second-order valence-corrected chi connectivity index (χ2v) is 7.20. The maximum Gasteiger partial charge on any atom is 0.146 e. The van der Waals surface area contributed by atoms with Gasteiger partial charge in [-0.25, -0.2) is 0 Å². The van der Waals surface area contributed by atoms with Gasteiger partial charge < -0.3 is 4.74 Å². The zero-order valence-electron chi connectivity index (χ0n) is 15.2. The van der Waals surface area contributed by atoms with Gasteiger partial charge in [0.2, 0.25) is 0 Å². The van der Waals surface area contributed by atoms with Crippen LogP contribution in [0.25, 0.3) is 11.3 Å². The molecule has 4 nitrogen and oxygen atoms in total. The third-order valence-corrected chi connectivity index (χ3v) is 4.99. The molecule has 0 radical (unpaired) electrons. The summed E-state index contributed by atoms with van der Waals surface area (Å²) in [6, 6.07) is 24.5. The van der Waals surface area contributed by atoms with Crippen molar-refractivity contribution in [3.63, 3.8) is 0 Å². The Labute approximate surface area is 178 Å². The van der Waals surface area contributed by atoms with Gasteiger partial charge in [-0.1, -0.05) is 41.4 Å². The van der Waals surface area contributed by atoms with Crippen molar-refractivity contribution in [3.8, 4) is 28.8 Å². The molecule has 4 rings (SSSR count). The molecule has 0 aliphatic rings. The minimum absolute atomic E-state index is 0.319. The smallest absolute Gasteiger partial charge is 0.146 e. The first-order valence-corrected chi connectivity index (χ1v) is 9.63. The summed E-state index contributed by atoms with van der Waals surface area (Å²) in [6.07, 6.45) is 1.78. The highest BCUT2D eigenvalue weighted by Gasteiger charge is 2.10. The molecule has 29 heavy (non-hydrogen) atoms. The van der Waals surface area contributed by atoms with Crippen molar-refractivity contribution in [2.24, 2.45) is 0 Å². The Balaban J connectivity index is 1.55. The zero-order valence-corrected chi connectivity index (χ0v) is 16.7. The van der Waals surface area contributed by atoms with E-state index in [1.54, 1.807) is 24.4 Å². The van der Waals surface area contributed by atoms with E-state index in [-0.39, 0.29) is 0 Å². The molecule has 0 spiro atoms. The molecule has 0 bridgehead atoms. The van der Waals surface area contributed by atoms with E-state index < -0.39 is 0 Å². The van der Waals surface area contributed by atoms with E-state index in [1.807, 2.05) is 59.3 Å². The third-order valence-electron chi connectivity index (χ3n) is 4.43. The van der Waals surface area contributed by atoms with Crippen LogP contribution < -0.4 is 4.74 Å². The van der Waals surface area contributed by atoms with Gasteiger partial charge in [-0.2, -0.15) is 10.4 Å². The molecule has 3 aromatic carbocycles. The van der Waals surface area contributed by atoms with E-state index in [2.05, 4.69) is 11.2 Å². The molecule has 1 heterocycles. The highest BCUT2D eigenvalue weighted by Crippen LogP contribution is 2.31. The second-order valence-electron chi connectivity index (χ2n) is 6.35. The summed E-state index contributed by atoms with van der Waals surface area (Å²) < 4.78 is 7.78. The lowest BCUT2D eigenvalue weighted by molar-refractivity contribution is 0.481. The molecular formula is C23H15Cl2N3O. The number of hydrogen-bond donors (Lipinski definition) is 0. The summed E-state index contributed by atoms with van der Waals surface area (Å²) in [5.41, 5.74) is 3.44. The van der Waals surface area contributed by atoms with Crippen molar-refractivity contribution in [2.45, 2.75) is 6.54 Å². The van der Waals surface area contributed by atoms with Crippen molar-refractivity contribution in [2.75, 3.05) is 0 Å². The summed E-state index contributed by atoms with van der Waals surface area (Å²) in [7, 11) is 0. The molecule has 0 saturated carbocycles. The van der Waals surface area contributed by atoms with Gasteiger partial charge in [0, 0.05) is 16.8 Å². The van der Waals surface area contributed by atoms with Gasteiger partial charge in [-0.15, -0.1) is 0 Å². The predicted molar refractivity (Wildman–Crippen MR) is 114 cm³/mol. The number of nitriles is 1. The molecule has 0 saturated heterocycles. The molecule has 0 N–H and O–H groups in total. The van der Waals surface area contributed by atoms with Gasteiger partial charge >= 0.3 is 0 Å². The Morgan fingerprint density at radius 3 is 2.41 bits per heavy atom. The number of rotatable bonds is 5. The SMILES string of the molecule is N#Cc1c(Cl)cccc1Oc1ccc(-c2ccnn2Cc2ccc(Cl)cc2)cc1. The summed E-state index contributed by atoms with van der Waals surface area (Å²) in [6.45, 7) is 0.645. The highest BCUT2D eigenvalue weighted by molar-refractivity contribution is 6.32. The van der Waals surface area contributed by atoms with Crippen LogP contribution in [-0.4, -0.2) is 9.78 Å². The van der Waals surface area contributed by atoms with Crippen molar-refractivity contribution >= 4 is 23.2 Å². The number of halogens is 2. The van der Waals surface area contributed by atoms with Crippen LogP contribution in [0, 0.1) is 11.3 Å². The van der Waals surface area contributed by atoms with Crippen LogP contribution in [0.4, 0.5) is 0 Å². The van der Waals surface area contributed by atoms with E-state index in [9.17, 15) is 5.26 Å². The lowest BCUT2D eigenvalue weighted by Crippen LogP contribution is -2.03. The van der Waals surface area contributed by atoms with Gasteiger partial charge in [0.25, 0.3) is 0 Å². The quantitative estimate of drug-likeness (QED) is 0.367. The zero-order chi connectivity index (χ0) is 20.2. The average molecular weight is 420 g/mol. The monoisotopic (exact) mass is 419 g/mol. The largest absolute Gasteiger partial charge is 0.456 e. The minimum atomic E-state index is 0.319. The lowest BCUT2D eigenvalue weighted by Gasteiger charge is -2.11. The molecule has 0 fully saturated rings. The van der Waals surface area contributed by atoms with E-state index in [0.717, 1.165) is 16.8 Å². The van der Waals surface area contributed by atoms with Gasteiger partial charge in [0.1, 0.15) is 23.1 Å². The summed E-state index contributed by atoms with van der Waals surface area (Å²) in [5.74, 6) is 1.05. The maximum atomic E-state index is 9.28. The average Bonchev–Trinajstić information content (AvgIpc) is 3.19. The van der Waals surface area contributed by atoms with Crippen LogP contribution >= 0.6 is 23.2 Å². The molecular weight excluding hydrogens is 405 g/mol. The van der Waals surface area contributed by atoms with Crippen LogP contribution in [-0.2, 0) is 6.54 Å². The lowest BCUT2D eigenvalue weighted by atomic mass is 10.1. The first kappa shape index (κ1) is 19.1. The molecule has 6 heteroatoms. The Morgan fingerprint density at radius 2 is 1.69 bits per heavy atom. The van der Waals surface area contributed by atoms with Gasteiger partial charge in [-0.3, -0.25) is 4.68 Å². The minimum Gasteiger partial charge on any atom is -0.456 e. The maximum absolute atomic E-state index is 9.28. The predicted octanol–water partition coefficient (Wildman–Crippen LogP) is 6.57. The Bertz CT molecular complexity index is 1180. The Kier molecular flexibility index (Phi) is 5.53. The number of aromatic nitrogens is 2. The number of benzene rings is 3. The Hall–Kier alpha value is -3.26. The normalized spacial score (nSPS) is 10.5. The molecule has 0 amide bonds. The van der Waals surface area contributed by atoms with Crippen LogP contribution in [0.1, 0.15) is 11.1 Å². The summed E-state index contributed by atoms with van der Waals surface area (Å²) in [4.78, 5) is 0. The molecule has 4 aromatic rings. The standard InChI is InChI=1S/C23H15Cl2N3O/c24-18-8-4-16(5-9-18)15-28-22(12-13-27-28)17-6-10-19(11-7-17)29-23-3-1-2-21(25)20(23)14-26/h1-13H,15H2. The second kappa shape index (κ2) is 8.40. The molecule has 0 unspecified atom stereocenters. The first-order chi connectivity index (χ1) is 14.1.